The second-order valence-corrected chi connectivity index (χ2v) is 3.40. The molecule has 0 aromatic rings. The lowest BCUT2D eigenvalue weighted by molar-refractivity contribution is 0.161. The highest BCUT2D eigenvalue weighted by molar-refractivity contribution is 5.79. The van der Waals surface area contributed by atoms with Crippen LogP contribution in [0.2, 0.25) is 0 Å². The monoisotopic (exact) mass is 184 g/mol. The summed E-state index contributed by atoms with van der Waals surface area (Å²) in [5.41, 5.74) is 0. The highest BCUT2D eigenvalue weighted by atomic mass is 16.2. The van der Waals surface area contributed by atoms with Gasteiger partial charge in [-0.3, -0.25) is 0 Å². The van der Waals surface area contributed by atoms with Crippen molar-refractivity contribution in [2.45, 2.75) is 19.1 Å². The normalized spacial score (nSPS) is 37.8. The number of carbonyl (C=O) groups excluding carboxylic acids is 2. The number of carbonyl (C=O) groups is 2. The Morgan fingerprint density at radius 1 is 1.15 bits per heavy atom. The van der Waals surface area contributed by atoms with Crippen LogP contribution >= 0.6 is 0 Å². The molecular formula is C7H12N4O2. The SMILES string of the molecule is C[C@@H]1NC(=O)N[C@@H]2NC(=O)NC[C@H]21. The number of fused-ring (bicyclic) bond motifs is 1. The van der Waals surface area contributed by atoms with Gasteiger partial charge in [0.1, 0.15) is 6.17 Å². The summed E-state index contributed by atoms with van der Waals surface area (Å²) in [5, 5.41) is 10.8. The molecule has 13 heavy (non-hydrogen) atoms. The van der Waals surface area contributed by atoms with Crippen LogP contribution in [0.25, 0.3) is 0 Å². The van der Waals surface area contributed by atoms with Gasteiger partial charge in [0, 0.05) is 18.5 Å². The number of hydrogen-bond acceptors (Lipinski definition) is 2. The first-order valence-electron chi connectivity index (χ1n) is 4.28. The molecule has 2 aliphatic rings. The lowest BCUT2D eigenvalue weighted by Gasteiger charge is -2.40. The van der Waals surface area contributed by atoms with Crippen molar-refractivity contribution in [3.63, 3.8) is 0 Å². The lowest BCUT2D eigenvalue weighted by Crippen LogP contribution is -2.71. The molecule has 72 valence electrons. The predicted octanol–water partition coefficient (Wildman–Crippen LogP) is -1.06. The third-order valence-electron chi connectivity index (χ3n) is 2.50. The molecule has 3 atom stereocenters. The molecular weight excluding hydrogens is 172 g/mol. The Kier molecular flexibility index (Phi) is 1.75. The number of hydrogen-bond donors (Lipinski definition) is 4. The molecule has 2 rings (SSSR count). The Labute approximate surface area is 75.4 Å². The van der Waals surface area contributed by atoms with Crippen LogP contribution in [0, 0.1) is 5.92 Å². The number of amides is 4. The molecule has 2 aliphatic heterocycles. The predicted molar refractivity (Wildman–Crippen MR) is 44.9 cm³/mol. The van der Waals surface area contributed by atoms with E-state index in [0.717, 1.165) is 0 Å². The molecule has 0 bridgehead atoms. The second kappa shape index (κ2) is 2.79. The van der Waals surface area contributed by atoms with Crippen molar-refractivity contribution in [1.82, 2.24) is 21.3 Å². The van der Waals surface area contributed by atoms with Crippen molar-refractivity contribution in [2.75, 3.05) is 6.54 Å². The molecule has 6 heteroatoms. The maximum atomic E-state index is 11.0. The fourth-order valence-electron chi connectivity index (χ4n) is 1.73. The molecule has 4 amide bonds. The smallest absolute Gasteiger partial charge is 0.316 e. The first kappa shape index (κ1) is 8.15. The van der Waals surface area contributed by atoms with Crippen LogP contribution < -0.4 is 21.3 Å². The molecule has 2 fully saturated rings. The van der Waals surface area contributed by atoms with E-state index in [1.807, 2.05) is 6.92 Å². The zero-order chi connectivity index (χ0) is 9.42. The van der Waals surface area contributed by atoms with Gasteiger partial charge in [-0.1, -0.05) is 0 Å². The first-order chi connectivity index (χ1) is 6.16. The fraction of sp³-hybridized carbons (Fsp3) is 0.714. The maximum absolute atomic E-state index is 11.0. The Balaban J connectivity index is 2.10. The third kappa shape index (κ3) is 1.39. The van der Waals surface area contributed by atoms with Gasteiger partial charge in [-0.15, -0.1) is 0 Å². The van der Waals surface area contributed by atoms with Gasteiger partial charge in [0.15, 0.2) is 0 Å². The van der Waals surface area contributed by atoms with Gasteiger partial charge in [-0.25, -0.2) is 9.59 Å². The van der Waals surface area contributed by atoms with Crippen molar-refractivity contribution in [3.05, 3.63) is 0 Å². The van der Waals surface area contributed by atoms with Gasteiger partial charge in [0.05, 0.1) is 0 Å². The van der Waals surface area contributed by atoms with E-state index >= 15 is 0 Å². The van der Waals surface area contributed by atoms with Gasteiger partial charge in [0.2, 0.25) is 0 Å². The number of nitrogens with one attached hydrogen (secondary N) is 4. The van der Waals surface area contributed by atoms with Crippen LogP contribution in [-0.2, 0) is 0 Å². The average molecular weight is 184 g/mol. The molecule has 0 unspecified atom stereocenters. The lowest BCUT2D eigenvalue weighted by atomic mass is 9.94. The van der Waals surface area contributed by atoms with Crippen LogP contribution in [0.4, 0.5) is 9.59 Å². The van der Waals surface area contributed by atoms with Crippen LogP contribution in [0.15, 0.2) is 0 Å². The van der Waals surface area contributed by atoms with E-state index in [2.05, 4.69) is 21.3 Å². The van der Waals surface area contributed by atoms with Gasteiger partial charge < -0.3 is 21.3 Å². The summed E-state index contributed by atoms with van der Waals surface area (Å²) in [4.78, 5) is 22.0. The molecule has 0 saturated carbocycles. The van der Waals surface area contributed by atoms with Crippen LogP contribution in [-0.4, -0.2) is 30.8 Å². The highest BCUT2D eigenvalue weighted by Crippen LogP contribution is 2.13. The quantitative estimate of drug-likeness (QED) is 0.387. The van der Waals surface area contributed by atoms with Crippen molar-refractivity contribution >= 4 is 12.1 Å². The zero-order valence-corrected chi connectivity index (χ0v) is 7.26. The minimum Gasteiger partial charge on any atom is -0.338 e. The van der Waals surface area contributed by atoms with E-state index in [4.69, 9.17) is 0 Å². The fourth-order valence-corrected chi connectivity index (χ4v) is 1.73. The van der Waals surface area contributed by atoms with Crippen LogP contribution in [0.5, 0.6) is 0 Å². The van der Waals surface area contributed by atoms with E-state index in [-0.39, 0.29) is 30.2 Å². The topological polar surface area (TPSA) is 82.3 Å². The second-order valence-electron chi connectivity index (χ2n) is 3.40. The molecule has 0 aliphatic carbocycles. The largest absolute Gasteiger partial charge is 0.338 e. The van der Waals surface area contributed by atoms with E-state index < -0.39 is 0 Å². The summed E-state index contributed by atoms with van der Waals surface area (Å²) < 4.78 is 0. The van der Waals surface area contributed by atoms with Crippen molar-refractivity contribution in [1.29, 1.82) is 0 Å². The van der Waals surface area contributed by atoms with E-state index in [9.17, 15) is 9.59 Å². The average Bonchev–Trinajstić information content (AvgIpc) is 2.02. The summed E-state index contributed by atoms with van der Waals surface area (Å²) in [6.07, 6.45) is -0.238. The minimum atomic E-state index is -0.238. The summed E-state index contributed by atoms with van der Waals surface area (Å²) in [6, 6.07) is -0.376. The van der Waals surface area contributed by atoms with Crippen LogP contribution in [0.1, 0.15) is 6.92 Å². The highest BCUT2D eigenvalue weighted by Gasteiger charge is 2.37. The molecule has 0 spiro atoms. The molecule has 0 aromatic carbocycles. The summed E-state index contributed by atoms with van der Waals surface area (Å²) in [5.74, 6) is 0.204. The van der Waals surface area contributed by atoms with Gasteiger partial charge in [-0.2, -0.15) is 0 Å². The molecule has 2 heterocycles. The summed E-state index contributed by atoms with van der Waals surface area (Å²) in [6.45, 7) is 2.51. The number of rotatable bonds is 0. The van der Waals surface area contributed by atoms with E-state index in [1.165, 1.54) is 0 Å². The third-order valence-corrected chi connectivity index (χ3v) is 2.50. The Morgan fingerprint density at radius 2 is 1.85 bits per heavy atom. The Morgan fingerprint density at radius 3 is 2.62 bits per heavy atom. The summed E-state index contributed by atoms with van der Waals surface area (Å²) in [7, 11) is 0. The summed E-state index contributed by atoms with van der Waals surface area (Å²) >= 11 is 0. The zero-order valence-electron chi connectivity index (χ0n) is 7.26. The molecule has 4 N–H and O–H groups in total. The van der Waals surface area contributed by atoms with Crippen molar-refractivity contribution in [3.8, 4) is 0 Å². The van der Waals surface area contributed by atoms with Gasteiger partial charge in [0.25, 0.3) is 0 Å². The standard InChI is InChI=1S/C7H12N4O2/c1-3-4-2-8-6(12)10-5(4)11-7(13)9-3/h3-5H,2H2,1H3,(H2,8,10,12)(H2,9,11,13)/t3-,4-,5-/m0/s1. The Hall–Kier alpha value is -1.46. The van der Waals surface area contributed by atoms with Crippen molar-refractivity contribution in [2.24, 2.45) is 5.92 Å². The first-order valence-corrected chi connectivity index (χ1v) is 4.28. The molecule has 0 aromatic heterocycles. The van der Waals surface area contributed by atoms with Crippen molar-refractivity contribution < 1.29 is 9.59 Å². The number of urea groups is 2. The van der Waals surface area contributed by atoms with E-state index in [1.54, 1.807) is 0 Å². The van der Waals surface area contributed by atoms with Gasteiger partial charge in [-0.05, 0) is 6.92 Å². The van der Waals surface area contributed by atoms with Gasteiger partial charge >= 0.3 is 12.1 Å². The Bertz CT molecular complexity index is 253. The molecule has 2 saturated heterocycles. The molecule has 0 radical (unpaired) electrons. The molecule has 6 nitrogen and oxygen atoms in total. The van der Waals surface area contributed by atoms with E-state index in [0.29, 0.717) is 6.54 Å². The minimum absolute atomic E-state index is 0.0758. The maximum Gasteiger partial charge on any atom is 0.316 e. The van der Waals surface area contributed by atoms with Crippen LogP contribution in [0.3, 0.4) is 0 Å².